The minimum Gasteiger partial charge on any atom is -0.255 e. The SMILES string of the molecule is Clc1ccnc(-c2ccccn2)c1Cl.[Ni]. The van der Waals surface area contributed by atoms with Crippen LogP contribution in [0.3, 0.4) is 0 Å². The van der Waals surface area contributed by atoms with E-state index in [0.29, 0.717) is 15.7 Å². The molecule has 2 aromatic rings. The summed E-state index contributed by atoms with van der Waals surface area (Å²) in [5.74, 6) is 0. The first kappa shape index (κ1) is 12.4. The summed E-state index contributed by atoms with van der Waals surface area (Å²) in [6.45, 7) is 0. The van der Waals surface area contributed by atoms with Gasteiger partial charge in [-0.3, -0.25) is 9.97 Å². The van der Waals surface area contributed by atoms with Gasteiger partial charge in [0.1, 0.15) is 5.69 Å². The average Bonchev–Trinajstić information content (AvgIpc) is 2.23. The molecule has 0 radical (unpaired) electrons. The van der Waals surface area contributed by atoms with Crippen molar-refractivity contribution in [3.05, 3.63) is 46.7 Å². The third-order valence-electron chi connectivity index (χ3n) is 1.75. The first-order valence-electron chi connectivity index (χ1n) is 4.00. The predicted octanol–water partition coefficient (Wildman–Crippen LogP) is 3.45. The van der Waals surface area contributed by atoms with Crippen LogP contribution in [-0.4, -0.2) is 9.97 Å². The smallest absolute Gasteiger partial charge is 0.109 e. The Bertz CT molecular complexity index is 448. The molecule has 80 valence electrons. The Balaban J connectivity index is 0.00000112. The Kier molecular flexibility index (Phi) is 4.53. The Labute approximate surface area is 108 Å². The predicted molar refractivity (Wildman–Crippen MR) is 57.5 cm³/mol. The Morgan fingerprint density at radius 3 is 2.40 bits per heavy atom. The summed E-state index contributed by atoms with van der Waals surface area (Å²) in [6, 6.07) is 7.20. The molecule has 0 unspecified atom stereocenters. The summed E-state index contributed by atoms with van der Waals surface area (Å²) in [7, 11) is 0. The zero-order chi connectivity index (χ0) is 9.97. The second kappa shape index (κ2) is 5.46. The summed E-state index contributed by atoms with van der Waals surface area (Å²) in [6.07, 6.45) is 3.30. The maximum Gasteiger partial charge on any atom is 0.109 e. The second-order valence-corrected chi connectivity index (χ2v) is 3.46. The summed E-state index contributed by atoms with van der Waals surface area (Å²) in [5, 5.41) is 0.926. The molecule has 5 heteroatoms. The van der Waals surface area contributed by atoms with Gasteiger partial charge < -0.3 is 0 Å². The van der Waals surface area contributed by atoms with Gasteiger partial charge >= 0.3 is 0 Å². The topological polar surface area (TPSA) is 25.8 Å². The molecule has 2 nitrogen and oxygen atoms in total. The first-order chi connectivity index (χ1) is 6.79. The quantitative estimate of drug-likeness (QED) is 0.749. The maximum atomic E-state index is 5.99. The van der Waals surface area contributed by atoms with E-state index < -0.39 is 0 Å². The van der Waals surface area contributed by atoms with Gasteiger partial charge in [-0.1, -0.05) is 29.3 Å². The van der Waals surface area contributed by atoms with Crippen LogP contribution in [0.15, 0.2) is 36.7 Å². The first-order valence-corrected chi connectivity index (χ1v) is 4.76. The molecule has 0 fully saturated rings. The van der Waals surface area contributed by atoms with Gasteiger partial charge in [-0.15, -0.1) is 0 Å². The third kappa shape index (κ3) is 2.69. The van der Waals surface area contributed by atoms with E-state index in [1.54, 1.807) is 18.5 Å². The maximum absolute atomic E-state index is 5.99. The molecule has 0 saturated heterocycles. The van der Waals surface area contributed by atoms with Crippen molar-refractivity contribution in [3.63, 3.8) is 0 Å². The standard InChI is InChI=1S/C10H6Cl2N2.Ni/c11-7-4-6-14-10(9(7)12)8-3-1-2-5-13-8;/h1-6H;. The monoisotopic (exact) mass is 282 g/mol. The Morgan fingerprint density at radius 1 is 0.933 bits per heavy atom. The largest absolute Gasteiger partial charge is 0.255 e. The van der Waals surface area contributed by atoms with E-state index in [0.717, 1.165) is 5.69 Å². The van der Waals surface area contributed by atoms with Crippen molar-refractivity contribution < 1.29 is 16.5 Å². The molecule has 0 N–H and O–H groups in total. The molecule has 2 rings (SSSR count). The molecule has 2 heterocycles. The second-order valence-electron chi connectivity index (χ2n) is 2.67. The van der Waals surface area contributed by atoms with Gasteiger partial charge in [-0.2, -0.15) is 0 Å². The number of halogens is 2. The molecule has 0 saturated carbocycles. The molecule has 0 atom stereocenters. The van der Waals surface area contributed by atoms with Gasteiger partial charge in [0.05, 0.1) is 15.7 Å². The van der Waals surface area contributed by atoms with Crippen molar-refractivity contribution in [1.82, 2.24) is 9.97 Å². The van der Waals surface area contributed by atoms with Crippen LogP contribution in [0.2, 0.25) is 10.0 Å². The number of pyridine rings is 2. The number of nitrogens with zero attached hydrogens (tertiary/aromatic N) is 2. The zero-order valence-electron chi connectivity index (χ0n) is 7.43. The zero-order valence-corrected chi connectivity index (χ0v) is 9.93. The molecule has 0 spiro atoms. The van der Waals surface area contributed by atoms with E-state index in [9.17, 15) is 0 Å². The fourth-order valence-electron chi connectivity index (χ4n) is 1.10. The molecule has 0 aromatic carbocycles. The van der Waals surface area contributed by atoms with Crippen molar-refractivity contribution in [2.45, 2.75) is 0 Å². The van der Waals surface area contributed by atoms with E-state index in [1.807, 2.05) is 18.2 Å². The molecule has 0 amide bonds. The molecule has 0 aliphatic heterocycles. The average molecular weight is 284 g/mol. The minimum absolute atomic E-state index is 0. The van der Waals surface area contributed by atoms with Crippen LogP contribution in [0.4, 0.5) is 0 Å². The summed E-state index contributed by atoms with van der Waals surface area (Å²) in [5.41, 5.74) is 1.33. The minimum atomic E-state index is 0. The summed E-state index contributed by atoms with van der Waals surface area (Å²) >= 11 is 11.9. The van der Waals surface area contributed by atoms with Gasteiger partial charge in [0.25, 0.3) is 0 Å². The van der Waals surface area contributed by atoms with Gasteiger partial charge in [0.2, 0.25) is 0 Å². The molecule has 0 aliphatic rings. The van der Waals surface area contributed by atoms with Crippen molar-refractivity contribution in [3.8, 4) is 11.4 Å². The van der Waals surface area contributed by atoms with Crippen LogP contribution in [0.1, 0.15) is 0 Å². The van der Waals surface area contributed by atoms with E-state index in [2.05, 4.69) is 9.97 Å². The molecule has 15 heavy (non-hydrogen) atoms. The van der Waals surface area contributed by atoms with Crippen molar-refractivity contribution in [1.29, 1.82) is 0 Å². The van der Waals surface area contributed by atoms with Crippen LogP contribution >= 0.6 is 23.2 Å². The van der Waals surface area contributed by atoms with Crippen LogP contribution in [-0.2, 0) is 16.5 Å². The van der Waals surface area contributed by atoms with E-state index in [1.165, 1.54) is 0 Å². The van der Waals surface area contributed by atoms with Crippen molar-refractivity contribution in [2.75, 3.05) is 0 Å². The van der Waals surface area contributed by atoms with E-state index in [4.69, 9.17) is 23.2 Å². The number of rotatable bonds is 1. The Morgan fingerprint density at radius 2 is 1.73 bits per heavy atom. The fourth-order valence-corrected chi connectivity index (χ4v) is 1.46. The van der Waals surface area contributed by atoms with Gasteiger partial charge in [-0.25, -0.2) is 0 Å². The number of hydrogen-bond acceptors (Lipinski definition) is 2. The van der Waals surface area contributed by atoms with Crippen LogP contribution in [0.25, 0.3) is 11.4 Å². The van der Waals surface area contributed by atoms with E-state index >= 15 is 0 Å². The van der Waals surface area contributed by atoms with Gasteiger partial charge in [0.15, 0.2) is 0 Å². The third-order valence-corrected chi connectivity index (χ3v) is 2.54. The van der Waals surface area contributed by atoms with Gasteiger partial charge in [0, 0.05) is 28.9 Å². The molecular formula is C10H6Cl2N2Ni. The molecule has 0 aliphatic carbocycles. The molecular weight excluding hydrogens is 278 g/mol. The normalized spacial score (nSPS) is 9.47. The summed E-state index contributed by atoms with van der Waals surface area (Å²) < 4.78 is 0. The van der Waals surface area contributed by atoms with Crippen molar-refractivity contribution in [2.24, 2.45) is 0 Å². The molecule has 0 bridgehead atoms. The number of aromatic nitrogens is 2. The van der Waals surface area contributed by atoms with E-state index in [-0.39, 0.29) is 16.5 Å². The summed E-state index contributed by atoms with van der Waals surface area (Å²) in [4.78, 5) is 8.28. The number of hydrogen-bond donors (Lipinski definition) is 0. The van der Waals surface area contributed by atoms with Crippen molar-refractivity contribution >= 4 is 23.2 Å². The van der Waals surface area contributed by atoms with Crippen LogP contribution in [0.5, 0.6) is 0 Å². The Hall–Kier alpha value is -0.626. The van der Waals surface area contributed by atoms with Crippen LogP contribution < -0.4 is 0 Å². The molecule has 2 aromatic heterocycles. The van der Waals surface area contributed by atoms with Crippen LogP contribution in [0, 0.1) is 0 Å². The fraction of sp³-hybridized carbons (Fsp3) is 0. The van der Waals surface area contributed by atoms with Gasteiger partial charge in [-0.05, 0) is 18.2 Å².